The molecule has 1 atom stereocenters. The SMILES string of the molecule is O=C(CCN(CC(S)c1ccccc1)S(=O)(=O)c1ccc(C(F)(F)F)cc1)NO. The van der Waals surface area contributed by atoms with E-state index in [-0.39, 0.29) is 24.4 Å². The highest BCUT2D eigenvalue weighted by Crippen LogP contribution is 2.31. The van der Waals surface area contributed by atoms with Crippen LogP contribution >= 0.6 is 12.6 Å². The molecule has 0 radical (unpaired) electrons. The lowest BCUT2D eigenvalue weighted by molar-refractivity contribution is -0.137. The summed E-state index contributed by atoms with van der Waals surface area (Å²) in [6.45, 7) is -0.422. The molecule has 158 valence electrons. The highest BCUT2D eigenvalue weighted by molar-refractivity contribution is 7.89. The average Bonchev–Trinajstić information content (AvgIpc) is 2.70. The quantitative estimate of drug-likeness (QED) is 0.329. The van der Waals surface area contributed by atoms with Gasteiger partial charge in [0.05, 0.1) is 10.5 Å². The van der Waals surface area contributed by atoms with E-state index in [9.17, 15) is 26.4 Å². The third-order valence-electron chi connectivity index (χ3n) is 4.09. The molecule has 1 unspecified atom stereocenters. The Morgan fingerprint density at radius 3 is 2.21 bits per heavy atom. The first kappa shape index (κ1) is 23.2. The molecule has 29 heavy (non-hydrogen) atoms. The standard InChI is InChI=1S/C18H19F3N2O4S2/c19-18(20,21)14-6-8-15(9-7-14)29(26,27)23(11-10-17(24)22-25)12-16(28)13-4-2-1-3-5-13/h1-9,16,25,28H,10-12H2,(H,22,24). The van der Waals surface area contributed by atoms with E-state index in [2.05, 4.69) is 12.6 Å². The molecule has 0 bridgehead atoms. The number of carbonyl (C=O) groups is 1. The van der Waals surface area contributed by atoms with Crippen LogP contribution in [0.5, 0.6) is 0 Å². The third-order valence-corrected chi connectivity index (χ3v) is 6.43. The number of thiol groups is 1. The van der Waals surface area contributed by atoms with Gasteiger partial charge in [-0.2, -0.15) is 30.1 Å². The number of halogens is 3. The van der Waals surface area contributed by atoms with Gasteiger partial charge in [0, 0.05) is 24.8 Å². The summed E-state index contributed by atoms with van der Waals surface area (Å²) < 4.78 is 65.1. The molecule has 0 heterocycles. The number of alkyl halides is 3. The van der Waals surface area contributed by atoms with Crippen LogP contribution in [0.2, 0.25) is 0 Å². The molecule has 0 saturated heterocycles. The van der Waals surface area contributed by atoms with Crippen molar-refractivity contribution in [3.8, 4) is 0 Å². The number of hydroxylamine groups is 1. The van der Waals surface area contributed by atoms with Crippen LogP contribution in [0.4, 0.5) is 13.2 Å². The Morgan fingerprint density at radius 1 is 1.10 bits per heavy atom. The molecule has 2 N–H and O–H groups in total. The highest BCUT2D eigenvalue weighted by Gasteiger charge is 2.32. The summed E-state index contributed by atoms with van der Waals surface area (Å²) in [6.07, 6.45) is -4.93. The Hall–Kier alpha value is -2.08. The van der Waals surface area contributed by atoms with Crippen molar-refractivity contribution in [3.05, 3.63) is 65.7 Å². The molecule has 0 aliphatic heterocycles. The number of benzene rings is 2. The maximum atomic E-state index is 13.0. The summed E-state index contributed by atoms with van der Waals surface area (Å²) in [5, 5.41) is 8.10. The van der Waals surface area contributed by atoms with Crippen LogP contribution in [0.25, 0.3) is 0 Å². The van der Waals surface area contributed by atoms with Gasteiger partial charge in [-0.3, -0.25) is 10.0 Å². The van der Waals surface area contributed by atoms with Gasteiger partial charge in [0.2, 0.25) is 15.9 Å². The van der Waals surface area contributed by atoms with Crippen LogP contribution in [-0.2, 0) is 21.0 Å². The fourth-order valence-electron chi connectivity index (χ4n) is 2.53. The molecular weight excluding hydrogens is 429 g/mol. The molecule has 0 aromatic heterocycles. The summed E-state index contributed by atoms with van der Waals surface area (Å²) in [5.74, 6) is -0.798. The molecule has 0 aliphatic rings. The van der Waals surface area contributed by atoms with Crippen molar-refractivity contribution in [3.63, 3.8) is 0 Å². The van der Waals surface area contributed by atoms with Crippen molar-refractivity contribution in [2.45, 2.75) is 22.7 Å². The first-order valence-corrected chi connectivity index (χ1v) is 10.3. The zero-order chi connectivity index (χ0) is 21.7. The second-order valence-corrected chi connectivity index (χ2v) is 8.66. The average molecular weight is 448 g/mol. The molecule has 2 aromatic rings. The van der Waals surface area contributed by atoms with Crippen LogP contribution in [0.15, 0.2) is 59.5 Å². The fourth-order valence-corrected chi connectivity index (χ4v) is 4.47. The Kier molecular flexibility index (Phi) is 7.69. The summed E-state index contributed by atoms with van der Waals surface area (Å²) in [6, 6.07) is 11.9. The first-order valence-electron chi connectivity index (χ1n) is 8.39. The Balaban J connectivity index is 2.31. The van der Waals surface area contributed by atoms with E-state index in [4.69, 9.17) is 5.21 Å². The molecule has 2 rings (SSSR count). The molecule has 0 fully saturated rings. The molecule has 1 amide bonds. The third kappa shape index (κ3) is 6.20. The summed E-state index contributed by atoms with van der Waals surface area (Å²) in [4.78, 5) is 11.0. The highest BCUT2D eigenvalue weighted by atomic mass is 32.2. The number of rotatable bonds is 8. The number of hydrogen-bond donors (Lipinski definition) is 3. The number of sulfonamides is 1. The molecule has 11 heteroatoms. The predicted molar refractivity (Wildman–Crippen MR) is 103 cm³/mol. The van der Waals surface area contributed by atoms with Gasteiger partial charge in [0.25, 0.3) is 0 Å². The number of nitrogens with one attached hydrogen (secondary N) is 1. The van der Waals surface area contributed by atoms with E-state index in [0.717, 1.165) is 22.0 Å². The first-order chi connectivity index (χ1) is 13.6. The van der Waals surface area contributed by atoms with Crippen LogP contribution in [0, 0.1) is 0 Å². The van der Waals surface area contributed by atoms with E-state index in [1.165, 1.54) is 5.48 Å². The molecular formula is C18H19F3N2O4S2. The van der Waals surface area contributed by atoms with Crippen molar-refractivity contribution < 1.29 is 31.6 Å². The molecule has 0 aliphatic carbocycles. The van der Waals surface area contributed by atoms with Gasteiger partial charge in [-0.25, -0.2) is 13.9 Å². The number of nitrogens with zero attached hydrogens (tertiary/aromatic N) is 1. The minimum Gasteiger partial charge on any atom is -0.289 e. The number of hydrogen-bond acceptors (Lipinski definition) is 5. The molecule has 2 aromatic carbocycles. The van der Waals surface area contributed by atoms with Crippen LogP contribution in [0.3, 0.4) is 0 Å². The lowest BCUT2D eigenvalue weighted by atomic mass is 10.1. The molecule has 0 spiro atoms. The van der Waals surface area contributed by atoms with Gasteiger partial charge >= 0.3 is 6.18 Å². The predicted octanol–water partition coefficient (Wildman–Crippen LogP) is 3.26. The summed E-state index contributed by atoms with van der Waals surface area (Å²) >= 11 is 4.42. The van der Waals surface area contributed by atoms with Crippen molar-refractivity contribution in [1.29, 1.82) is 0 Å². The summed E-state index contributed by atoms with van der Waals surface area (Å²) in [7, 11) is -4.21. The van der Waals surface area contributed by atoms with Gasteiger partial charge in [0.1, 0.15) is 0 Å². The van der Waals surface area contributed by atoms with E-state index >= 15 is 0 Å². The van der Waals surface area contributed by atoms with Gasteiger partial charge in [0.15, 0.2) is 0 Å². The second-order valence-electron chi connectivity index (χ2n) is 6.10. The van der Waals surface area contributed by atoms with E-state index < -0.39 is 32.9 Å². The summed E-state index contributed by atoms with van der Waals surface area (Å²) in [5.41, 5.74) is 1.17. The van der Waals surface area contributed by atoms with Crippen molar-refractivity contribution in [1.82, 2.24) is 9.79 Å². The monoisotopic (exact) mass is 448 g/mol. The number of carbonyl (C=O) groups excluding carboxylic acids is 1. The van der Waals surface area contributed by atoms with Crippen molar-refractivity contribution in [2.75, 3.05) is 13.1 Å². The Labute approximate surface area is 171 Å². The zero-order valence-electron chi connectivity index (χ0n) is 15.0. The lowest BCUT2D eigenvalue weighted by Crippen LogP contribution is -2.37. The van der Waals surface area contributed by atoms with Gasteiger partial charge in [-0.1, -0.05) is 30.3 Å². The van der Waals surface area contributed by atoms with Crippen molar-refractivity contribution in [2.24, 2.45) is 0 Å². The number of amides is 1. The van der Waals surface area contributed by atoms with Crippen LogP contribution in [0.1, 0.15) is 22.8 Å². The Morgan fingerprint density at radius 2 is 1.69 bits per heavy atom. The fraction of sp³-hybridized carbons (Fsp3) is 0.278. The molecule has 0 saturated carbocycles. The maximum Gasteiger partial charge on any atom is 0.416 e. The zero-order valence-corrected chi connectivity index (χ0v) is 16.7. The minimum atomic E-state index is -4.59. The second kappa shape index (κ2) is 9.61. The van der Waals surface area contributed by atoms with E-state index in [1.807, 2.05) is 0 Å². The van der Waals surface area contributed by atoms with E-state index in [0.29, 0.717) is 12.1 Å². The van der Waals surface area contributed by atoms with Gasteiger partial charge in [-0.15, -0.1) is 0 Å². The van der Waals surface area contributed by atoms with Crippen LogP contribution in [-0.4, -0.2) is 36.9 Å². The minimum absolute atomic E-state index is 0.130. The Bertz CT molecular complexity index is 920. The smallest absolute Gasteiger partial charge is 0.289 e. The lowest BCUT2D eigenvalue weighted by Gasteiger charge is -2.25. The van der Waals surface area contributed by atoms with Crippen LogP contribution < -0.4 is 5.48 Å². The van der Waals surface area contributed by atoms with E-state index in [1.54, 1.807) is 30.3 Å². The van der Waals surface area contributed by atoms with Gasteiger partial charge < -0.3 is 0 Å². The maximum absolute atomic E-state index is 13.0. The van der Waals surface area contributed by atoms with Crippen molar-refractivity contribution >= 4 is 28.6 Å². The largest absolute Gasteiger partial charge is 0.416 e. The normalized spacial score (nSPS) is 13.3. The van der Waals surface area contributed by atoms with Gasteiger partial charge in [-0.05, 0) is 29.8 Å². The molecule has 6 nitrogen and oxygen atoms in total. The topological polar surface area (TPSA) is 86.7 Å².